The molecule has 1 N–H and O–H groups in total. The smallest absolute Gasteiger partial charge is 0.228 e. The summed E-state index contributed by atoms with van der Waals surface area (Å²) in [6, 6.07) is 7.62. The first kappa shape index (κ1) is 14.5. The summed E-state index contributed by atoms with van der Waals surface area (Å²) in [6.07, 6.45) is 0.651. The van der Waals surface area contributed by atoms with Gasteiger partial charge in [-0.1, -0.05) is 19.1 Å². The fourth-order valence-electron chi connectivity index (χ4n) is 1.82. The van der Waals surface area contributed by atoms with Crippen LogP contribution in [0.2, 0.25) is 0 Å². The van der Waals surface area contributed by atoms with Crippen molar-refractivity contribution in [2.24, 2.45) is 5.92 Å². The average molecular weight is 251 g/mol. The number of methoxy groups -OCH3 is 1. The number of carbonyl (C=O) groups excluding carboxylic acids is 1. The summed E-state index contributed by atoms with van der Waals surface area (Å²) >= 11 is 0. The predicted molar refractivity (Wildman–Crippen MR) is 70.3 cm³/mol. The van der Waals surface area contributed by atoms with Crippen LogP contribution in [-0.4, -0.2) is 36.7 Å². The molecule has 100 valence electrons. The first-order valence-corrected chi connectivity index (χ1v) is 6.11. The zero-order valence-electron chi connectivity index (χ0n) is 11.2. The number of carbonyl (C=O) groups is 1. The minimum Gasteiger partial charge on any atom is -0.497 e. The van der Waals surface area contributed by atoms with Gasteiger partial charge in [-0.3, -0.25) is 4.79 Å². The zero-order valence-corrected chi connectivity index (χ0v) is 11.2. The van der Waals surface area contributed by atoms with E-state index in [4.69, 9.17) is 9.84 Å². The third-order valence-corrected chi connectivity index (χ3v) is 2.99. The summed E-state index contributed by atoms with van der Waals surface area (Å²) in [5.41, 5.74) is 1.01. The molecule has 0 heterocycles. The van der Waals surface area contributed by atoms with Crippen LogP contribution < -0.4 is 4.74 Å². The second-order valence-electron chi connectivity index (χ2n) is 4.33. The van der Waals surface area contributed by atoms with Crippen LogP contribution in [-0.2, 0) is 11.3 Å². The number of ether oxygens (including phenoxy) is 1. The van der Waals surface area contributed by atoms with Crippen LogP contribution in [0.5, 0.6) is 5.75 Å². The van der Waals surface area contributed by atoms with Gasteiger partial charge in [-0.15, -0.1) is 0 Å². The number of aliphatic hydroxyl groups is 1. The number of nitrogens with zero attached hydrogens (tertiary/aromatic N) is 1. The highest BCUT2D eigenvalue weighted by atomic mass is 16.5. The predicted octanol–water partition coefficient (Wildman–Crippen LogP) is 1.67. The topological polar surface area (TPSA) is 49.8 Å². The molecule has 0 fully saturated rings. The first-order chi connectivity index (χ1) is 8.62. The molecule has 18 heavy (non-hydrogen) atoms. The van der Waals surface area contributed by atoms with E-state index >= 15 is 0 Å². The maximum absolute atomic E-state index is 12.0. The molecular weight excluding hydrogens is 230 g/mol. The summed E-state index contributed by atoms with van der Waals surface area (Å²) < 4.78 is 5.14. The van der Waals surface area contributed by atoms with Crippen molar-refractivity contribution in [3.63, 3.8) is 0 Å². The Hall–Kier alpha value is -1.55. The van der Waals surface area contributed by atoms with E-state index in [2.05, 4.69) is 0 Å². The van der Waals surface area contributed by atoms with Crippen molar-refractivity contribution in [1.29, 1.82) is 0 Å². The Morgan fingerprint density at radius 2 is 2.22 bits per heavy atom. The van der Waals surface area contributed by atoms with Crippen molar-refractivity contribution in [1.82, 2.24) is 4.90 Å². The molecule has 0 aliphatic rings. The SMILES string of the molecule is CCC(CO)C(=O)N(C)Cc1cccc(OC)c1. The highest BCUT2D eigenvalue weighted by Gasteiger charge is 2.19. The third kappa shape index (κ3) is 3.74. The van der Waals surface area contributed by atoms with Crippen LogP contribution in [0.25, 0.3) is 0 Å². The van der Waals surface area contributed by atoms with Crippen molar-refractivity contribution in [2.45, 2.75) is 19.9 Å². The Morgan fingerprint density at radius 1 is 1.50 bits per heavy atom. The molecule has 0 aromatic heterocycles. The molecule has 0 saturated heterocycles. The monoisotopic (exact) mass is 251 g/mol. The molecule has 0 radical (unpaired) electrons. The Bertz CT molecular complexity index is 388. The van der Waals surface area contributed by atoms with Gasteiger partial charge in [0, 0.05) is 13.6 Å². The number of amides is 1. The number of benzene rings is 1. The molecule has 0 aliphatic heterocycles. The molecule has 0 spiro atoms. The Morgan fingerprint density at radius 3 is 2.78 bits per heavy atom. The van der Waals surface area contributed by atoms with Crippen LogP contribution in [0, 0.1) is 5.92 Å². The lowest BCUT2D eigenvalue weighted by Crippen LogP contribution is -2.33. The van der Waals surface area contributed by atoms with Crippen LogP contribution >= 0.6 is 0 Å². The molecule has 0 aliphatic carbocycles. The number of hydrogen-bond acceptors (Lipinski definition) is 3. The van der Waals surface area contributed by atoms with Gasteiger partial charge in [0.25, 0.3) is 0 Å². The van der Waals surface area contributed by atoms with E-state index in [-0.39, 0.29) is 18.4 Å². The van der Waals surface area contributed by atoms with E-state index in [1.54, 1.807) is 19.1 Å². The van der Waals surface area contributed by atoms with Crippen molar-refractivity contribution < 1.29 is 14.6 Å². The second kappa shape index (κ2) is 7.01. The number of rotatable bonds is 6. The molecule has 1 rings (SSSR count). The van der Waals surface area contributed by atoms with Crippen molar-refractivity contribution >= 4 is 5.91 Å². The fourth-order valence-corrected chi connectivity index (χ4v) is 1.82. The molecule has 1 unspecified atom stereocenters. The third-order valence-electron chi connectivity index (χ3n) is 2.99. The van der Waals surface area contributed by atoms with Gasteiger partial charge >= 0.3 is 0 Å². The van der Waals surface area contributed by atoms with Gasteiger partial charge in [-0.25, -0.2) is 0 Å². The molecule has 0 saturated carbocycles. The normalized spacial score (nSPS) is 12.0. The lowest BCUT2D eigenvalue weighted by atomic mass is 10.1. The van der Waals surface area contributed by atoms with Gasteiger partial charge in [0.2, 0.25) is 5.91 Å². The summed E-state index contributed by atoms with van der Waals surface area (Å²) in [4.78, 5) is 13.6. The zero-order chi connectivity index (χ0) is 13.5. The van der Waals surface area contributed by atoms with Crippen molar-refractivity contribution in [3.8, 4) is 5.75 Å². The molecule has 1 aromatic carbocycles. The largest absolute Gasteiger partial charge is 0.497 e. The van der Waals surface area contributed by atoms with E-state index < -0.39 is 0 Å². The van der Waals surface area contributed by atoms with Gasteiger partial charge in [-0.2, -0.15) is 0 Å². The summed E-state index contributed by atoms with van der Waals surface area (Å²) in [7, 11) is 3.37. The van der Waals surface area contributed by atoms with Gasteiger partial charge in [0.1, 0.15) is 5.75 Å². The molecule has 1 amide bonds. The summed E-state index contributed by atoms with van der Waals surface area (Å²) in [5.74, 6) is 0.450. The lowest BCUT2D eigenvalue weighted by Gasteiger charge is -2.22. The quantitative estimate of drug-likeness (QED) is 0.836. The Labute approximate surface area is 108 Å². The molecule has 4 nitrogen and oxygen atoms in total. The first-order valence-electron chi connectivity index (χ1n) is 6.11. The Kier molecular flexibility index (Phi) is 5.65. The van der Waals surface area contributed by atoms with Crippen LogP contribution in [0.15, 0.2) is 24.3 Å². The van der Waals surface area contributed by atoms with Crippen molar-refractivity contribution in [2.75, 3.05) is 20.8 Å². The standard InChI is InChI=1S/C14H21NO3/c1-4-12(10-16)14(17)15(2)9-11-6-5-7-13(8-11)18-3/h5-8,12,16H,4,9-10H2,1-3H3. The van der Waals surface area contributed by atoms with Crippen molar-refractivity contribution in [3.05, 3.63) is 29.8 Å². The maximum Gasteiger partial charge on any atom is 0.228 e. The van der Waals surface area contributed by atoms with Gasteiger partial charge in [0.05, 0.1) is 19.6 Å². The number of hydrogen-bond donors (Lipinski definition) is 1. The Balaban J connectivity index is 2.68. The van der Waals surface area contributed by atoms with Crippen LogP contribution in [0.4, 0.5) is 0 Å². The molecule has 4 heteroatoms. The highest BCUT2D eigenvalue weighted by Crippen LogP contribution is 2.15. The van der Waals surface area contributed by atoms with E-state index in [9.17, 15) is 4.79 Å². The molecule has 0 bridgehead atoms. The minimum atomic E-state index is -0.305. The van der Waals surface area contributed by atoms with Gasteiger partial charge in [0.15, 0.2) is 0 Å². The molecule has 1 aromatic rings. The van der Waals surface area contributed by atoms with E-state index in [1.165, 1.54) is 0 Å². The highest BCUT2D eigenvalue weighted by molar-refractivity contribution is 5.78. The van der Waals surface area contributed by atoms with Gasteiger partial charge < -0.3 is 14.7 Å². The minimum absolute atomic E-state index is 0.0252. The number of aliphatic hydroxyl groups excluding tert-OH is 1. The van der Waals surface area contributed by atoms with E-state index in [0.29, 0.717) is 13.0 Å². The fraction of sp³-hybridized carbons (Fsp3) is 0.500. The van der Waals surface area contributed by atoms with E-state index in [0.717, 1.165) is 11.3 Å². The lowest BCUT2D eigenvalue weighted by molar-refractivity contribution is -0.136. The summed E-state index contributed by atoms with van der Waals surface area (Å²) in [6.45, 7) is 2.32. The summed E-state index contributed by atoms with van der Waals surface area (Å²) in [5, 5.41) is 9.13. The molecule has 1 atom stereocenters. The maximum atomic E-state index is 12.0. The van der Waals surface area contributed by atoms with Crippen LogP contribution in [0.1, 0.15) is 18.9 Å². The van der Waals surface area contributed by atoms with Gasteiger partial charge in [-0.05, 0) is 24.1 Å². The average Bonchev–Trinajstić information content (AvgIpc) is 2.40. The molecular formula is C14H21NO3. The van der Waals surface area contributed by atoms with Crippen LogP contribution in [0.3, 0.4) is 0 Å². The van der Waals surface area contributed by atoms with E-state index in [1.807, 2.05) is 31.2 Å². The second-order valence-corrected chi connectivity index (χ2v) is 4.33.